The molecule has 2 aliphatic rings. The molecule has 154 valence electrons. The lowest BCUT2D eigenvalue weighted by Gasteiger charge is -2.46. The fraction of sp³-hybridized carbons (Fsp3) is 0.458. The fourth-order valence-corrected chi connectivity index (χ4v) is 4.60. The largest absolute Gasteiger partial charge is 0.507 e. The van der Waals surface area contributed by atoms with E-state index in [0.29, 0.717) is 18.2 Å². The van der Waals surface area contributed by atoms with E-state index in [-0.39, 0.29) is 11.7 Å². The number of likely N-dealkylation sites (tertiary alicyclic amines) is 1. The zero-order valence-corrected chi connectivity index (χ0v) is 17.6. The van der Waals surface area contributed by atoms with Crippen LogP contribution in [0.25, 0.3) is 0 Å². The van der Waals surface area contributed by atoms with Gasteiger partial charge in [0.1, 0.15) is 17.2 Å². The molecule has 1 saturated heterocycles. The Labute approximate surface area is 173 Å². The lowest BCUT2D eigenvalue weighted by atomic mass is 9.87. The molecule has 0 aromatic heterocycles. The molecule has 4 rings (SSSR count). The van der Waals surface area contributed by atoms with Crippen molar-refractivity contribution in [3.8, 4) is 11.5 Å². The van der Waals surface area contributed by atoms with Gasteiger partial charge in [-0.1, -0.05) is 30.3 Å². The van der Waals surface area contributed by atoms with Crippen LogP contribution in [0.1, 0.15) is 50.3 Å². The lowest BCUT2D eigenvalue weighted by Crippen LogP contribution is -2.56. The Morgan fingerprint density at radius 1 is 1.10 bits per heavy atom. The van der Waals surface area contributed by atoms with E-state index in [0.717, 1.165) is 48.5 Å². The number of rotatable bonds is 4. The van der Waals surface area contributed by atoms with Crippen molar-refractivity contribution >= 4 is 5.71 Å². The van der Waals surface area contributed by atoms with Gasteiger partial charge in [-0.2, -0.15) is 0 Å². The predicted molar refractivity (Wildman–Crippen MR) is 117 cm³/mol. The van der Waals surface area contributed by atoms with Crippen LogP contribution in [-0.2, 0) is 0 Å². The first-order chi connectivity index (χ1) is 14.0. The van der Waals surface area contributed by atoms with Crippen LogP contribution >= 0.6 is 0 Å². The minimum Gasteiger partial charge on any atom is -0.507 e. The Morgan fingerprint density at radius 3 is 2.48 bits per heavy atom. The third-order valence-electron chi connectivity index (χ3n) is 6.27. The highest BCUT2D eigenvalue weighted by molar-refractivity contribution is 6.03. The number of para-hydroxylation sites is 2. The van der Waals surface area contributed by atoms with Gasteiger partial charge in [-0.05, 0) is 44.9 Å². The van der Waals surface area contributed by atoms with Crippen molar-refractivity contribution in [3.63, 3.8) is 0 Å². The van der Waals surface area contributed by atoms with Crippen molar-refractivity contribution in [2.45, 2.75) is 50.9 Å². The van der Waals surface area contributed by atoms with Gasteiger partial charge in [0.25, 0.3) is 0 Å². The van der Waals surface area contributed by atoms with E-state index in [4.69, 9.17) is 9.73 Å². The number of methoxy groups -OCH3 is 1. The number of phenols is 1. The van der Waals surface area contributed by atoms with Gasteiger partial charge in [0.15, 0.2) is 0 Å². The highest BCUT2D eigenvalue weighted by Crippen LogP contribution is 2.38. The van der Waals surface area contributed by atoms with E-state index in [9.17, 15) is 5.11 Å². The standard InChI is InChI=1S/C24H31N3O2/c1-17(2)27-14-12-24(13-15-27)25-20(18-8-4-6-10-22(18)28)16-21(26-24)19-9-5-7-11-23(19)29-3/h4-11,17,21,26,28H,12-16H2,1-3H3. The molecule has 1 atom stereocenters. The van der Waals surface area contributed by atoms with E-state index in [1.165, 1.54) is 0 Å². The van der Waals surface area contributed by atoms with Crippen molar-refractivity contribution in [1.29, 1.82) is 0 Å². The van der Waals surface area contributed by atoms with E-state index in [1.54, 1.807) is 13.2 Å². The van der Waals surface area contributed by atoms with E-state index in [2.05, 4.69) is 36.2 Å². The summed E-state index contributed by atoms with van der Waals surface area (Å²) in [4.78, 5) is 7.72. The van der Waals surface area contributed by atoms with Crippen molar-refractivity contribution in [3.05, 3.63) is 59.7 Å². The summed E-state index contributed by atoms with van der Waals surface area (Å²) in [5.74, 6) is 1.18. The van der Waals surface area contributed by atoms with Crippen LogP contribution in [0, 0.1) is 0 Å². The predicted octanol–water partition coefficient (Wildman–Crippen LogP) is 4.13. The number of hydrogen-bond donors (Lipinski definition) is 2. The summed E-state index contributed by atoms with van der Waals surface area (Å²) < 4.78 is 5.65. The molecule has 29 heavy (non-hydrogen) atoms. The number of aliphatic imine (C=N–C) groups is 1. The summed E-state index contributed by atoms with van der Waals surface area (Å²) in [5, 5.41) is 14.4. The number of nitrogens with one attached hydrogen (secondary N) is 1. The number of aromatic hydroxyl groups is 1. The molecule has 0 aliphatic carbocycles. The Hall–Kier alpha value is -2.37. The Balaban J connectivity index is 1.72. The molecule has 2 aromatic rings. The second kappa shape index (κ2) is 8.17. The zero-order valence-electron chi connectivity index (χ0n) is 17.6. The average Bonchev–Trinajstić information content (AvgIpc) is 2.74. The smallest absolute Gasteiger partial charge is 0.124 e. The van der Waals surface area contributed by atoms with Crippen LogP contribution in [-0.4, -0.2) is 47.6 Å². The minimum absolute atomic E-state index is 0.0869. The number of phenolic OH excluding ortho intramolecular Hbond substituents is 1. The first-order valence-corrected chi connectivity index (χ1v) is 10.5. The fourth-order valence-electron chi connectivity index (χ4n) is 4.60. The first-order valence-electron chi connectivity index (χ1n) is 10.5. The highest BCUT2D eigenvalue weighted by Gasteiger charge is 2.41. The monoisotopic (exact) mass is 393 g/mol. The van der Waals surface area contributed by atoms with Crippen LogP contribution < -0.4 is 10.1 Å². The molecule has 5 nitrogen and oxygen atoms in total. The molecule has 5 heteroatoms. The molecule has 0 saturated carbocycles. The number of piperidine rings is 1. The van der Waals surface area contributed by atoms with Gasteiger partial charge in [-0.15, -0.1) is 0 Å². The van der Waals surface area contributed by atoms with Gasteiger partial charge in [0, 0.05) is 48.4 Å². The summed E-state index contributed by atoms with van der Waals surface area (Å²) in [6.45, 7) is 6.53. The maximum Gasteiger partial charge on any atom is 0.124 e. The van der Waals surface area contributed by atoms with Crippen molar-refractivity contribution in [2.75, 3.05) is 20.2 Å². The first kappa shape index (κ1) is 19.9. The second-order valence-electron chi connectivity index (χ2n) is 8.38. The molecular formula is C24H31N3O2. The van der Waals surface area contributed by atoms with Gasteiger partial charge in [-0.3, -0.25) is 10.3 Å². The van der Waals surface area contributed by atoms with Gasteiger partial charge >= 0.3 is 0 Å². The Morgan fingerprint density at radius 2 is 1.79 bits per heavy atom. The quantitative estimate of drug-likeness (QED) is 0.820. The third kappa shape index (κ3) is 4.02. The van der Waals surface area contributed by atoms with Crippen LogP contribution in [0.2, 0.25) is 0 Å². The van der Waals surface area contributed by atoms with E-state index in [1.807, 2.05) is 30.3 Å². The molecule has 2 aromatic carbocycles. The van der Waals surface area contributed by atoms with Crippen LogP contribution in [0.4, 0.5) is 0 Å². The molecule has 1 spiro atoms. The summed E-state index contributed by atoms with van der Waals surface area (Å²) in [6.07, 6.45) is 2.62. The lowest BCUT2D eigenvalue weighted by molar-refractivity contribution is 0.103. The van der Waals surface area contributed by atoms with Gasteiger partial charge in [-0.25, -0.2) is 0 Å². The van der Waals surface area contributed by atoms with Gasteiger partial charge in [0.2, 0.25) is 0 Å². The molecule has 0 amide bonds. The maximum absolute atomic E-state index is 10.5. The minimum atomic E-state index is -0.313. The summed E-state index contributed by atoms with van der Waals surface area (Å²) in [6, 6.07) is 16.4. The third-order valence-corrected chi connectivity index (χ3v) is 6.27. The molecule has 1 unspecified atom stereocenters. The van der Waals surface area contributed by atoms with E-state index >= 15 is 0 Å². The van der Waals surface area contributed by atoms with Crippen LogP contribution in [0.3, 0.4) is 0 Å². The highest BCUT2D eigenvalue weighted by atomic mass is 16.5. The number of hydrogen-bond acceptors (Lipinski definition) is 5. The number of ether oxygens (including phenoxy) is 1. The van der Waals surface area contributed by atoms with Crippen molar-refractivity contribution < 1.29 is 9.84 Å². The van der Waals surface area contributed by atoms with Gasteiger partial charge < -0.3 is 14.7 Å². The SMILES string of the molecule is COc1ccccc1C1CC(c2ccccc2O)=NC2(CCN(C(C)C)CC2)N1. The summed E-state index contributed by atoms with van der Waals surface area (Å²) in [7, 11) is 1.72. The maximum atomic E-state index is 10.5. The second-order valence-corrected chi connectivity index (χ2v) is 8.38. The molecule has 0 radical (unpaired) electrons. The van der Waals surface area contributed by atoms with Crippen molar-refractivity contribution in [2.24, 2.45) is 4.99 Å². The van der Waals surface area contributed by atoms with Crippen LogP contribution in [0.15, 0.2) is 53.5 Å². The molecule has 2 aliphatic heterocycles. The molecular weight excluding hydrogens is 362 g/mol. The molecule has 2 N–H and O–H groups in total. The molecule has 0 bridgehead atoms. The topological polar surface area (TPSA) is 57.1 Å². The molecule has 1 fully saturated rings. The Bertz CT molecular complexity index is 885. The zero-order chi connectivity index (χ0) is 20.4. The summed E-state index contributed by atoms with van der Waals surface area (Å²) >= 11 is 0. The average molecular weight is 394 g/mol. The summed E-state index contributed by atoms with van der Waals surface area (Å²) in [5.41, 5.74) is 2.63. The Kier molecular flexibility index (Phi) is 5.61. The van der Waals surface area contributed by atoms with Crippen LogP contribution in [0.5, 0.6) is 11.5 Å². The van der Waals surface area contributed by atoms with Gasteiger partial charge in [0.05, 0.1) is 7.11 Å². The van der Waals surface area contributed by atoms with Crippen molar-refractivity contribution in [1.82, 2.24) is 10.2 Å². The normalized spacial score (nSPS) is 21.9. The number of nitrogens with zero attached hydrogens (tertiary/aromatic N) is 2. The number of benzene rings is 2. The molecule has 2 heterocycles. The van der Waals surface area contributed by atoms with E-state index < -0.39 is 0 Å².